The molecule has 1 fully saturated rings. The number of aliphatic hydroxyl groups is 1. The molecule has 14 heavy (non-hydrogen) atoms. The molecule has 0 saturated carbocycles. The van der Waals surface area contributed by atoms with Gasteiger partial charge in [0.05, 0.1) is 0 Å². The topological polar surface area (TPSA) is 46.5 Å². The minimum Gasteiger partial charge on any atom is -0.459 e. The molecule has 0 radical (unpaired) electrons. The van der Waals surface area contributed by atoms with Crippen molar-refractivity contribution < 1.29 is 14.6 Å². The monoisotopic (exact) mass is 196 g/mol. The molecule has 1 saturated heterocycles. The van der Waals surface area contributed by atoms with Crippen LogP contribution in [0.25, 0.3) is 0 Å². The molecule has 2 aliphatic rings. The molecule has 0 aromatic carbocycles. The molecule has 0 aromatic rings. The second kappa shape index (κ2) is 3.39. The maximum Gasteiger partial charge on any atom is 0.306 e. The maximum absolute atomic E-state index is 11.2. The molecule has 2 rings (SSSR count). The number of hydrogen-bond acceptors (Lipinski definition) is 3. The van der Waals surface area contributed by atoms with E-state index in [2.05, 4.69) is 13.0 Å². The molecule has 3 nitrogen and oxygen atoms in total. The maximum atomic E-state index is 11.2. The quantitative estimate of drug-likeness (QED) is 0.468. The summed E-state index contributed by atoms with van der Waals surface area (Å²) in [4.78, 5) is 11.2. The van der Waals surface area contributed by atoms with Crippen LogP contribution in [0.15, 0.2) is 11.6 Å². The van der Waals surface area contributed by atoms with Gasteiger partial charge in [0.15, 0.2) is 0 Å². The van der Waals surface area contributed by atoms with Crippen LogP contribution < -0.4 is 0 Å². The first kappa shape index (κ1) is 9.71. The molecule has 1 heterocycles. The average molecular weight is 196 g/mol. The van der Waals surface area contributed by atoms with E-state index in [0.29, 0.717) is 18.3 Å². The first-order valence-electron chi connectivity index (χ1n) is 5.14. The summed E-state index contributed by atoms with van der Waals surface area (Å²) >= 11 is 0. The molecule has 0 amide bonds. The minimum atomic E-state index is -0.597. The molecule has 0 unspecified atom stereocenters. The first-order chi connectivity index (χ1) is 6.59. The molecule has 0 aromatic heterocycles. The van der Waals surface area contributed by atoms with E-state index in [4.69, 9.17) is 4.74 Å². The third-order valence-electron chi connectivity index (χ3n) is 3.40. The fourth-order valence-corrected chi connectivity index (χ4v) is 2.39. The van der Waals surface area contributed by atoms with Crippen LogP contribution in [0, 0.1) is 11.8 Å². The third-order valence-corrected chi connectivity index (χ3v) is 3.40. The Morgan fingerprint density at radius 2 is 2.29 bits per heavy atom. The Hall–Kier alpha value is -0.830. The van der Waals surface area contributed by atoms with E-state index in [1.807, 2.05) is 6.92 Å². The normalized spacial score (nSPS) is 42.5. The van der Waals surface area contributed by atoms with Crippen molar-refractivity contribution in [1.82, 2.24) is 0 Å². The van der Waals surface area contributed by atoms with Crippen molar-refractivity contribution in [3.05, 3.63) is 11.6 Å². The van der Waals surface area contributed by atoms with Gasteiger partial charge >= 0.3 is 5.97 Å². The van der Waals surface area contributed by atoms with Crippen molar-refractivity contribution >= 4 is 5.97 Å². The van der Waals surface area contributed by atoms with Crippen molar-refractivity contribution in [2.75, 3.05) is 0 Å². The van der Waals surface area contributed by atoms with Crippen molar-refractivity contribution in [3.8, 4) is 0 Å². The molecule has 4 atom stereocenters. The van der Waals surface area contributed by atoms with E-state index in [1.165, 1.54) is 0 Å². The smallest absolute Gasteiger partial charge is 0.306 e. The van der Waals surface area contributed by atoms with Crippen LogP contribution in [0.3, 0.4) is 0 Å². The predicted octanol–water partition coefficient (Wildman–Crippen LogP) is 1.27. The average Bonchev–Trinajstić information content (AvgIpc) is 2.12. The number of esters is 1. The molecular formula is C11H16O3. The number of carbonyl (C=O) groups excluding carboxylic acids is 1. The molecule has 0 spiro atoms. The lowest BCUT2D eigenvalue weighted by molar-refractivity contribution is -0.171. The van der Waals surface area contributed by atoms with Gasteiger partial charge in [-0.25, -0.2) is 0 Å². The SMILES string of the molecule is CC1=CC[C@H]2[C@@H](OC(=O)C[C@@H]2C)[C@@H]1O. The lowest BCUT2D eigenvalue weighted by Crippen LogP contribution is -2.47. The highest BCUT2D eigenvalue weighted by atomic mass is 16.6. The Kier molecular flexibility index (Phi) is 2.35. The van der Waals surface area contributed by atoms with Crippen LogP contribution in [0.5, 0.6) is 0 Å². The first-order valence-corrected chi connectivity index (χ1v) is 5.14. The zero-order chi connectivity index (χ0) is 10.3. The summed E-state index contributed by atoms with van der Waals surface area (Å²) in [6, 6.07) is 0. The molecule has 1 aliphatic carbocycles. The predicted molar refractivity (Wildman–Crippen MR) is 51.5 cm³/mol. The third kappa shape index (κ3) is 1.46. The number of hydrogen-bond donors (Lipinski definition) is 1. The number of ether oxygens (including phenoxy) is 1. The van der Waals surface area contributed by atoms with Gasteiger partial charge in [-0.2, -0.15) is 0 Å². The van der Waals surface area contributed by atoms with E-state index in [0.717, 1.165) is 12.0 Å². The van der Waals surface area contributed by atoms with Crippen LogP contribution >= 0.6 is 0 Å². The number of allylic oxidation sites excluding steroid dienone is 1. The van der Waals surface area contributed by atoms with Gasteiger partial charge in [0.2, 0.25) is 0 Å². The van der Waals surface area contributed by atoms with Gasteiger partial charge in [-0.15, -0.1) is 0 Å². The molecular weight excluding hydrogens is 180 g/mol. The number of carbonyl (C=O) groups is 1. The summed E-state index contributed by atoms with van der Waals surface area (Å²) in [6.45, 7) is 3.94. The largest absolute Gasteiger partial charge is 0.459 e. The highest BCUT2D eigenvalue weighted by Gasteiger charge is 2.42. The molecule has 1 aliphatic heterocycles. The van der Waals surface area contributed by atoms with E-state index in [-0.39, 0.29) is 12.1 Å². The Labute approximate surface area is 83.8 Å². The highest BCUT2D eigenvalue weighted by molar-refractivity contribution is 5.71. The fraction of sp³-hybridized carbons (Fsp3) is 0.727. The molecule has 1 N–H and O–H groups in total. The van der Waals surface area contributed by atoms with E-state index >= 15 is 0 Å². The Morgan fingerprint density at radius 1 is 1.57 bits per heavy atom. The second-order valence-corrected chi connectivity index (χ2v) is 4.43. The standard InChI is InChI=1S/C11H16O3/c1-6-3-4-8-7(2)5-9(12)14-11(8)10(6)13/h3,7-8,10-11,13H,4-5H2,1-2H3/t7-,8+,10+,11+/m0/s1. The zero-order valence-electron chi connectivity index (χ0n) is 8.56. The van der Waals surface area contributed by atoms with Gasteiger partial charge in [-0.05, 0) is 24.8 Å². The van der Waals surface area contributed by atoms with Crippen LogP contribution in [0.4, 0.5) is 0 Å². The summed E-state index contributed by atoms with van der Waals surface area (Å²) in [5.41, 5.74) is 0.924. The van der Waals surface area contributed by atoms with Crippen LogP contribution in [0.1, 0.15) is 26.7 Å². The summed E-state index contributed by atoms with van der Waals surface area (Å²) < 4.78 is 5.21. The van der Waals surface area contributed by atoms with E-state index < -0.39 is 6.10 Å². The zero-order valence-corrected chi connectivity index (χ0v) is 8.56. The minimum absolute atomic E-state index is 0.174. The Morgan fingerprint density at radius 3 is 3.00 bits per heavy atom. The van der Waals surface area contributed by atoms with E-state index in [9.17, 15) is 9.90 Å². The van der Waals surface area contributed by atoms with Crippen molar-refractivity contribution in [1.29, 1.82) is 0 Å². The Bertz CT molecular complexity index is 282. The molecule has 3 heteroatoms. The Balaban J connectivity index is 2.23. The summed E-state index contributed by atoms with van der Waals surface area (Å²) in [6.07, 6.45) is 2.56. The van der Waals surface area contributed by atoms with Gasteiger partial charge in [-0.3, -0.25) is 4.79 Å². The fourth-order valence-electron chi connectivity index (χ4n) is 2.39. The van der Waals surface area contributed by atoms with E-state index in [1.54, 1.807) is 0 Å². The lowest BCUT2D eigenvalue weighted by Gasteiger charge is -2.40. The summed E-state index contributed by atoms with van der Waals surface area (Å²) in [5, 5.41) is 9.86. The van der Waals surface area contributed by atoms with Crippen molar-refractivity contribution in [2.24, 2.45) is 11.8 Å². The summed E-state index contributed by atoms with van der Waals surface area (Å²) in [5.74, 6) is 0.444. The van der Waals surface area contributed by atoms with Gasteiger partial charge in [0, 0.05) is 12.3 Å². The van der Waals surface area contributed by atoms with Crippen LogP contribution in [-0.4, -0.2) is 23.3 Å². The highest BCUT2D eigenvalue weighted by Crippen LogP contribution is 2.37. The van der Waals surface area contributed by atoms with Crippen molar-refractivity contribution in [2.45, 2.75) is 38.9 Å². The second-order valence-electron chi connectivity index (χ2n) is 4.43. The van der Waals surface area contributed by atoms with Crippen LogP contribution in [-0.2, 0) is 9.53 Å². The number of rotatable bonds is 0. The van der Waals surface area contributed by atoms with Gasteiger partial charge in [0.1, 0.15) is 12.2 Å². The molecule has 78 valence electrons. The molecule has 0 bridgehead atoms. The number of aliphatic hydroxyl groups excluding tert-OH is 1. The van der Waals surface area contributed by atoms with Gasteiger partial charge in [-0.1, -0.05) is 13.0 Å². The van der Waals surface area contributed by atoms with Gasteiger partial charge < -0.3 is 9.84 Å². The number of fused-ring (bicyclic) bond motifs is 1. The summed E-state index contributed by atoms with van der Waals surface area (Å²) in [7, 11) is 0. The van der Waals surface area contributed by atoms with Crippen molar-refractivity contribution in [3.63, 3.8) is 0 Å². The lowest BCUT2D eigenvalue weighted by atomic mass is 9.75. The van der Waals surface area contributed by atoms with Crippen LogP contribution in [0.2, 0.25) is 0 Å². The van der Waals surface area contributed by atoms with Gasteiger partial charge in [0.25, 0.3) is 0 Å².